The molecule has 1 amide bonds. The van der Waals surface area contributed by atoms with Gasteiger partial charge in [-0.1, -0.05) is 47.5 Å². The first kappa shape index (κ1) is 22.5. The second kappa shape index (κ2) is 10.7. The molecule has 0 spiro atoms. The first-order valence-electron chi connectivity index (χ1n) is 9.29. The van der Waals surface area contributed by atoms with Crippen LogP contribution in [0.15, 0.2) is 36.4 Å². The number of halogens is 3. The van der Waals surface area contributed by atoms with Crippen molar-refractivity contribution in [3.8, 4) is 10.4 Å². The van der Waals surface area contributed by atoms with Gasteiger partial charge < -0.3 is 15.2 Å². The van der Waals surface area contributed by atoms with E-state index in [1.807, 2.05) is 12.1 Å². The van der Waals surface area contributed by atoms with Gasteiger partial charge in [0.1, 0.15) is 12.8 Å². The van der Waals surface area contributed by atoms with Crippen LogP contribution in [-0.4, -0.2) is 59.8 Å². The highest BCUT2D eigenvalue weighted by Gasteiger charge is 2.25. The average molecular weight is 461 g/mol. The molecule has 29 heavy (non-hydrogen) atoms. The fourth-order valence-corrected chi connectivity index (χ4v) is 4.30. The van der Waals surface area contributed by atoms with Gasteiger partial charge in [0.2, 0.25) is 0 Å². The van der Waals surface area contributed by atoms with Gasteiger partial charge in [-0.2, -0.15) is 0 Å². The number of ether oxygens (including phenoxy) is 1. The number of carbonyl (C=O) groups excluding carboxylic acids is 1. The molecule has 1 aromatic heterocycles. The van der Waals surface area contributed by atoms with Crippen LogP contribution < -0.4 is 5.32 Å². The molecule has 5 nitrogen and oxygen atoms in total. The number of benzene rings is 1. The van der Waals surface area contributed by atoms with Gasteiger partial charge >= 0.3 is 0 Å². The molecule has 3 rings (SSSR count). The summed E-state index contributed by atoms with van der Waals surface area (Å²) in [6.45, 7) is 3.41. The second-order valence-electron chi connectivity index (χ2n) is 6.79. The van der Waals surface area contributed by atoms with E-state index in [-0.39, 0.29) is 0 Å². The third-order valence-corrected chi connectivity index (χ3v) is 6.27. The van der Waals surface area contributed by atoms with Gasteiger partial charge in [0.05, 0.1) is 19.3 Å². The molecular weight excluding hydrogens is 438 g/mol. The van der Waals surface area contributed by atoms with Crippen LogP contribution in [0.1, 0.15) is 16.5 Å². The minimum absolute atomic E-state index is 0.502. The fourth-order valence-electron chi connectivity index (χ4n) is 3.12. The molecule has 2 aromatic rings. The molecule has 0 aliphatic carbocycles. The average Bonchev–Trinajstić information content (AvgIpc) is 3.20. The van der Waals surface area contributed by atoms with Crippen LogP contribution in [0.3, 0.4) is 0 Å². The summed E-state index contributed by atoms with van der Waals surface area (Å²) in [6.07, 6.45) is -1.20. The summed E-state index contributed by atoms with van der Waals surface area (Å²) in [5.41, 5.74) is 1.52. The van der Waals surface area contributed by atoms with Crippen LogP contribution in [-0.2, 0) is 16.1 Å². The molecule has 9 heteroatoms. The van der Waals surface area contributed by atoms with Crippen molar-refractivity contribution in [1.29, 1.82) is 0 Å². The van der Waals surface area contributed by atoms with Crippen LogP contribution in [0, 0.1) is 0 Å². The third-order valence-electron chi connectivity index (χ3n) is 4.75. The van der Waals surface area contributed by atoms with E-state index in [0.717, 1.165) is 43.3 Å². The number of nitrogens with one attached hydrogen (secondary N) is 1. The lowest BCUT2D eigenvalue weighted by Crippen LogP contribution is -2.43. The predicted molar refractivity (Wildman–Crippen MR) is 114 cm³/mol. The molecule has 0 bridgehead atoms. The molecule has 1 saturated heterocycles. The lowest BCUT2D eigenvalue weighted by atomic mass is 10.0. The Labute approximate surface area is 183 Å². The number of nitrogens with zero attached hydrogens (tertiary/aromatic N) is 1. The molecule has 0 saturated carbocycles. The first-order valence-corrected chi connectivity index (χ1v) is 11.0. The Morgan fingerprint density at radius 2 is 1.90 bits per heavy atom. The van der Waals surface area contributed by atoms with E-state index in [1.165, 1.54) is 4.88 Å². The van der Waals surface area contributed by atoms with Gasteiger partial charge in [-0.15, -0.1) is 11.3 Å². The lowest BCUT2D eigenvalue weighted by Gasteiger charge is -2.25. The van der Waals surface area contributed by atoms with Crippen molar-refractivity contribution in [2.24, 2.45) is 0 Å². The summed E-state index contributed by atoms with van der Waals surface area (Å²) in [4.78, 5) is 15.0. The van der Waals surface area contributed by atoms with E-state index in [2.05, 4.69) is 22.3 Å². The molecule has 0 unspecified atom stereocenters. The number of carbonyl (C=O) groups is 1. The van der Waals surface area contributed by atoms with Crippen molar-refractivity contribution in [3.05, 3.63) is 46.8 Å². The summed E-state index contributed by atoms with van der Waals surface area (Å²) in [5.74, 6) is -0.738. The van der Waals surface area contributed by atoms with Gasteiger partial charge in [-0.05, 0) is 23.3 Å². The van der Waals surface area contributed by atoms with Crippen molar-refractivity contribution in [3.63, 3.8) is 0 Å². The van der Waals surface area contributed by atoms with Gasteiger partial charge in [0.15, 0.2) is 4.84 Å². The molecule has 0 radical (unpaired) electrons. The molecule has 1 aromatic carbocycles. The van der Waals surface area contributed by atoms with E-state index >= 15 is 0 Å². The number of aliphatic hydroxyl groups is 1. The standard InChI is InChI=1S/C20H23Cl2FN2O3S/c21-19(22)20(27)24-16(11-23)18(26)14-3-1-13(2-4-14)17-6-5-15(29-17)12-25-7-9-28-10-8-25/h1-6,16,18-19,26H,7-12H2,(H,24,27)/t16-,18-/m1/s1. The van der Waals surface area contributed by atoms with Crippen LogP contribution >= 0.6 is 34.5 Å². The number of thiophene rings is 1. The summed E-state index contributed by atoms with van der Waals surface area (Å²) in [7, 11) is 0. The second-order valence-corrected chi connectivity index (χ2v) is 9.06. The Hall–Kier alpha value is -1.22. The SMILES string of the molecule is O=C(N[C@H](CF)[C@H](O)c1ccc(-c2ccc(CN3CCOCC3)s2)cc1)C(Cl)Cl. The van der Waals surface area contributed by atoms with Crippen molar-refractivity contribution in [2.45, 2.75) is 23.5 Å². The molecular formula is C20H23Cl2FN2O3S. The number of rotatable bonds is 8. The zero-order chi connectivity index (χ0) is 20.8. The van der Waals surface area contributed by atoms with E-state index < -0.39 is 29.6 Å². The van der Waals surface area contributed by atoms with Crippen molar-refractivity contribution < 1.29 is 19.0 Å². The van der Waals surface area contributed by atoms with E-state index in [0.29, 0.717) is 5.56 Å². The predicted octanol–water partition coefficient (Wildman–Crippen LogP) is 3.54. The van der Waals surface area contributed by atoms with Crippen molar-refractivity contribution in [1.82, 2.24) is 10.2 Å². The number of amides is 1. The Bertz CT molecular complexity index is 797. The van der Waals surface area contributed by atoms with Crippen molar-refractivity contribution in [2.75, 3.05) is 33.0 Å². The van der Waals surface area contributed by atoms with Gasteiger partial charge in [0, 0.05) is 29.4 Å². The Balaban J connectivity index is 1.64. The minimum Gasteiger partial charge on any atom is -0.386 e. The first-order chi connectivity index (χ1) is 14.0. The highest BCUT2D eigenvalue weighted by atomic mass is 35.5. The van der Waals surface area contributed by atoms with Gasteiger partial charge in [0.25, 0.3) is 5.91 Å². The number of aliphatic hydroxyl groups excluding tert-OH is 1. The summed E-state index contributed by atoms with van der Waals surface area (Å²) < 4.78 is 18.7. The van der Waals surface area contributed by atoms with Crippen LogP contribution in [0.4, 0.5) is 4.39 Å². The lowest BCUT2D eigenvalue weighted by molar-refractivity contribution is -0.121. The quantitative estimate of drug-likeness (QED) is 0.591. The third kappa shape index (κ3) is 6.13. The number of hydrogen-bond donors (Lipinski definition) is 2. The molecule has 2 N–H and O–H groups in total. The molecule has 1 fully saturated rings. The maximum Gasteiger partial charge on any atom is 0.253 e. The summed E-state index contributed by atoms with van der Waals surface area (Å²) in [6, 6.07) is 10.3. The van der Waals surface area contributed by atoms with Crippen LogP contribution in [0.5, 0.6) is 0 Å². The number of morpholine rings is 1. The molecule has 2 atom stereocenters. The van der Waals surface area contributed by atoms with Crippen molar-refractivity contribution >= 4 is 40.4 Å². The summed E-state index contributed by atoms with van der Waals surface area (Å²) >= 11 is 12.7. The Morgan fingerprint density at radius 1 is 1.21 bits per heavy atom. The monoisotopic (exact) mass is 460 g/mol. The smallest absolute Gasteiger partial charge is 0.253 e. The molecule has 1 aliphatic heterocycles. The van der Waals surface area contributed by atoms with Crippen LogP contribution in [0.25, 0.3) is 10.4 Å². The van der Waals surface area contributed by atoms with E-state index in [1.54, 1.807) is 23.5 Å². The fraction of sp³-hybridized carbons (Fsp3) is 0.450. The van der Waals surface area contributed by atoms with Gasteiger partial charge in [-0.25, -0.2) is 4.39 Å². The van der Waals surface area contributed by atoms with E-state index in [9.17, 15) is 14.3 Å². The number of alkyl halides is 3. The minimum atomic E-state index is -1.32. The Morgan fingerprint density at radius 3 is 2.52 bits per heavy atom. The molecule has 158 valence electrons. The molecule has 1 aliphatic rings. The normalized spacial score (nSPS) is 17.3. The summed E-state index contributed by atoms with van der Waals surface area (Å²) in [5, 5.41) is 12.7. The highest BCUT2D eigenvalue weighted by Crippen LogP contribution is 2.30. The zero-order valence-electron chi connectivity index (χ0n) is 15.7. The topological polar surface area (TPSA) is 61.8 Å². The highest BCUT2D eigenvalue weighted by molar-refractivity contribution is 7.15. The Kier molecular flexibility index (Phi) is 8.29. The zero-order valence-corrected chi connectivity index (χ0v) is 18.0. The van der Waals surface area contributed by atoms with E-state index in [4.69, 9.17) is 27.9 Å². The maximum absolute atomic E-state index is 13.3. The molecule has 2 heterocycles. The van der Waals surface area contributed by atoms with Gasteiger partial charge in [-0.3, -0.25) is 9.69 Å². The van der Waals surface area contributed by atoms with Crippen LogP contribution in [0.2, 0.25) is 0 Å². The largest absolute Gasteiger partial charge is 0.386 e. The maximum atomic E-state index is 13.3. The number of hydrogen-bond acceptors (Lipinski definition) is 5.